The molecule has 21 heavy (non-hydrogen) atoms. The Kier molecular flexibility index (Phi) is 4.25. The lowest BCUT2D eigenvalue weighted by Crippen LogP contribution is -2.27. The number of hydrogen-bond donors (Lipinski definition) is 1. The van der Waals surface area contributed by atoms with Crippen molar-refractivity contribution in [3.8, 4) is 5.75 Å². The first-order valence-corrected chi connectivity index (χ1v) is 7.64. The Morgan fingerprint density at radius 3 is 3.10 bits per heavy atom. The van der Waals surface area contributed by atoms with Gasteiger partial charge in [0, 0.05) is 19.3 Å². The molecular formula is C17H23N3O. The van der Waals surface area contributed by atoms with Crippen molar-refractivity contribution in [2.45, 2.75) is 31.7 Å². The third kappa shape index (κ3) is 3.27. The van der Waals surface area contributed by atoms with Gasteiger partial charge in [-0.3, -0.25) is 4.68 Å². The van der Waals surface area contributed by atoms with Gasteiger partial charge in [0.05, 0.1) is 13.3 Å². The van der Waals surface area contributed by atoms with Crippen LogP contribution in [0.15, 0.2) is 30.6 Å². The Bertz CT molecular complexity index is 606. The van der Waals surface area contributed by atoms with Gasteiger partial charge in [-0.1, -0.05) is 6.07 Å². The second kappa shape index (κ2) is 6.31. The molecule has 0 bridgehead atoms. The molecule has 1 N–H and O–H groups in total. The summed E-state index contributed by atoms with van der Waals surface area (Å²) in [5.41, 5.74) is 4.16. The maximum atomic E-state index is 5.33. The molecule has 1 aliphatic rings. The zero-order chi connectivity index (χ0) is 14.7. The van der Waals surface area contributed by atoms with Crippen LogP contribution in [0.5, 0.6) is 5.75 Å². The number of rotatable bonds is 5. The molecule has 0 spiro atoms. The Labute approximate surface area is 126 Å². The van der Waals surface area contributed by atoms with E-state index in [4.69, 9.17) is 4.74 Å². The van der Waals surface area contributed by atoms with Crippen LogP contribution < -0.4 is 10.1 Å². The minimum absolute atomic E-state index is 0.469. The maximum absolute atomic E-state index is 5.33. The van der Waals surface area contributed by atoms with Crippen LogP contribution in [0.2, 0.25) is 0 Å². The minimum atomic E-state index is 0.469. The molecule has 1 aromatic heterocycles. The van der Waals surface area contributed by atoms with Gasteiger partial charge in [-0.15, -0.1) is 0 Å². The summed E-state index contributed by atoms with van der Waals surface area (Å²) in [5.74, 6) is 0.963. The molecule has 1 aliphatic carbocycles. The number of benzene rings is 1. The zero-order valence-electron chi connectivity index (χ0n) is 12.8. The predicted octanol–water partition coefficient (Wildman–Crippen LogP) is 2.64. The largest absolute Gasteiger partial charge is 0.497 e. The Hall–Kier alpha value is -1.81. The van der Waals surface area contributed by atoms with Gasteiger partial charge in [0.1, 0.15) is 5.75 Å². The van der Waals surface area contributed by atoms with E-state index in [1.165, 1.54) is 29.5 Å². The number of methoxy groups -OCH3 is 1. The topological polar surface area (TPSA) is 39.1 Å². The number of ether oxygens (including phenoxy) is 1. The smallest absolute Gasteiger partial charge is 0.119 e. The van der Waals surface area contributed by atoms with Crippen LogP contribution >= 0.6 is 0 Å². The van der Waals surface area contributed by atoms with E-state index in [9.17, 15) is 0 Å². The number of nitrogens with zero attached hydrogens (tertiary/aromatic N) is 2. The molecule has 0 fully saturated rings. The summed E-state index contributed by atoms with van der Waals surface area (Å²) in [7, 11) is 3.69. The van der Waals surface area contributed by atoms with E-state index in [0.717, 1.165) is 25.1 Å². The SMILES string of the molecule is COc1ccc2c(c1)CCCC2NCCc1cnn(C)c1. The molecule has 0 radical (unpaired) electrons. The highest BCUT2D eigenvalue weighted by molar-refractivity contribution is 5.39. The third-order valence-electron chi connectivity index (χ3n) is 4.23. The quantitative estimate of drug-likeness (QED) is 0.918. The van der Waals surface area contributed by atoms with Gasteiger partial charge in [0.15, 0.2) is 0 Å². The normalized spacial score (nSPS) is 17.5. The molecule has 0 saturated carbocycles. The van der Waals surface area contributed by atoms with Crippen LogP contribution in [0.3, 0.4) is 0 Å². The average molecular weight is 285 g/mol. The number of fused-ring (bicyclic) bond motifs is 1. The summed E-state index contributed by atoms with van der Waals surface area (Å²) >= 11 is 0. The fourth-order valence-corrected chi connectivity index (χ4v) is 3.12. The monoisotopic (exact) mass is 285 g/mol. The van der Waals surface area contributed by atoms with Gasteiger partial charge in [-0.05, 0) is 61.1 Å². The van der Waals surface area contributed by atoms with Crippen LogP contribution in [0, 0.1) is 0 Å². The highest BCUT2D eigenvalue weighted by atomic mass is 16.5. The van der Waals surface area contributed by atoms with Crippen LogP contribution in [-0.2, 0) is 19.9 Å². The lowest BCUT2D eigenvalue weighted by molar-refractivity contribution is 0.411. The summed E-state index contributed by atoms with van der Waals surface area (Å²) in [4.78, 5) is 0. The molecule has 2 aromatic rings. The van der Waals surface area contributed by atoms with Gasteiger partial charge in [0.2, 0.25) is 0 Å². The molecule has 4 heteroatoms. The van der Waals surface area contributed by atoms with Crippen molar-refractivity contribution in [2.24, 2.45) is 7.05 Å². The molecule has 1 aromatic carbocycles. The average Bonchev–Trinajstić information content (AvgIpc) is 2.92. The molecule has 1 unspecified atom stereocenters. The summed E-state index contributed by atoms with van der Waals surface area (Å²) in [6.45, 7) is 0.988. The summed E-state index contributed by atoms with van der Waals surface area (Å²) in [5, 5.41) is 7.91. The molecule has 0 saturated heterocycles. The van der Waals surface area contributed by atoms with Gasteiger partial charge in [-0.25, -0.2) is 0 Å². The van der Waals surface area contributed by atoms with Gasteiger partial charge in [0.25, 0.3) is 0 Å². The first-order chi connectivity index (χ1) is 10.3. The van der Waals surface area contributed by atoms with E-state index in [1.807, 2.05) is 17.9 Å². The number of aryl methyl sites for hydroxylation is 2. The van der Waals surface area contributed by atoms with E-state index < -0.39 is 0 Å². The fourth-order valence-electron chi connectivity index (χ4n) is 3.12. The molecule has 1 heterocycles. The molecule has 4 nitrogen and oxygen atoms in total. The lowest BCUT2D eigenvalue weighted by atomic mass is 9.87. The van der Waals surface area contributed by atoms with Crippen molar-refractivity contribution in [2.75, 3.05) is 13.7 Å². The van der Waals surface area contributed by atoms with E-state index in [0.29, 0.717) is 6.04 Å². The Balaban J connectivity index is 1.62. The van der Waals surface area contributed by atoms with Crippen molar-refractivity contribution in [3.63, 3.8) is 0 Å². The molecule has 0 amide bonds. The Morgan fingerprint density at radius 1 is 1.43 bits per heavy atom. The molecule has 112 valence electrons. The summed E-state index contributed by atoms with van der Waals surface area (Å²) in [6.07, 6.45) is 8.67. The van der Waals surface area contributed by atoms with Crippen molar-refractivity contribution < 1.29 is 4.74 Å². The minimum Gasteiger partial charge on any atom is -0.497 e. The van der Waals surface area contributed by atoms with Crippen LogP contribution in [0.4, 0.5) is 0 Å². The number of nitrogens with one attached hydrogen (secondary N) is 1. The van der Waals surface area contributed by atoms with Crippen LogP contribution in [-0.4, -0.2) is 23.4 Å². The predicted molar refractivity (Wildman–Crippen MR) is 83.6 cm³/mol. The maximum Gasteiger partial charge on any atom is 0.119 e. The first-order valence-electron chi connectivity index (χ1n) is 7.64. The van der Waals surface area contributed by atoms with E-state index in [1.54, 1.807) is 7.11 Å². The van der Waals surface area contributed by atoms with Gasteiger partial charge < -0.3 is 10.1 Å². The highest BCUT2D eigenvalue weighted by Gasteiger charge is 2.19. The first kappa shape index (κ1) is 14.1. The highest BCUT2D eigenvalue weighted by Crippen LogP contribution is 2.32. The van der Waals surface area contributed by atoms with E-state index in [2.05, 4.69) is 34.8 Å². The van der Waals surface area contributed by atoms with E-state index in [-0.39, 0.29) is 0 Å². The van der Waals surface area contributed by atoms with Crippen molar-refractivity contribution in [3.05, 3.63) is 47.3 Å². The number of aromatic nitrogens is 2. The van der Waals surface area contributed by atoms with Crippen LogP contribution in [0.25, 0.3) is 0 Å². The standard InChI is InChI=1S/C17H23N3O/c1-20-12-13(11-19-20)8-9-18-17-5-3-4-14-10-15(21-2)6-7-16(14)17/h6-7,10-12,17-18H,3-5,8-9H2,1-2H3. The van der Waals surface area contributed by atoms with E-state index >= 15 is 0 Å². The molecular weight excluding hydrogens is 262 g/mol. The molecule has 3 rings (SSSR count). The third-order valence-corrected chi connectivity index (χ3v) is 4.23. The summed E-state index contributed by atoms with van der Waals surface area (Å²) in [6, 6.07) is 6.94. The second-order valence-electron chi connectivity index (χ2n) is 5.74. The Morgan fingerprint density at radius 2 is 2.33 bits per heavy atom. The van der Waals surface area contributed by atoms with Gasteiger partial charge >= 0.3 is 0 Å². The molecule has 1 atom stereocenters. The summed E-state index contributed by atoms with van der Waals surface area (Å²) < 4.78 is 7.19. The van der Waals surface area contributed by atoms with Crippen LogP contribution in [0.1, 0.15) is 35.6 Å². The zero-order valence-corrected chi connectivity index (χ0v) is 12.8. The van der Waals surface area contributed by atoms with Crippen molar-refractivity contribution in [1.29, 1.82) is 0 Å². The lowest BCUT2D eigenvalue weighted by Gasteiger charge is -2.27. The molecule has 0 aliphatic heterocycles. The van der Waals surface area contributed by atoms with Crippen molar-refractivity contribution in [1.82, 2.24) is 15.1 Å². The van der Waals surface area contributed by atoms with Gasteiger partial charge in [-0.2, -0.15) is 5.10 Å². The number of hydrogen-bond acceptors (Lipinski definition) is 3. The fraction of sp³-hybridized carbons (Fsp3) is 0.471. The van der Waals surface area contributed by atoms with Crippen molar-refractivity contribution >= 4 is 0 Å². The second-order valence-corrected chi connectivity index (χ2v) is 5.74.